The molecule has 0 aliphatic heterocycles. The zero-order valence-corrected chi connectivity index (χ0v) is 15.8. The molecule has 3 rings (SSSR count). The molecule has 0 saturated carbocycles. The second-order valence-electron chi connectivity index (χ2n) is 6.12. The minimum absolute atomic E-state index is 0.0835. The van der Waals surface area contributed by atoms with Gasteiger partial charge in [0.05, 0.1) is 12.1 Å². The van der Waals surface area contributed by atoms with Crippen molar-refractivity contribution in [3.05, 3.63) is 59.1 Å². The van der Waals surface area contributed by atoms with E-state index in [0.29, 0.717) is 29.1 Å². The van der Waals surface area contributed by atoms with Crippen LogP contribution in [0.1, 0.15) is 6.42 Å². The molecule has 29 heavy (non-hydrogen) atoms. The van der Waals surface area contributed by atoms with Gasteiger partial charge in [0, 0.05) is 31.5 Å². The summed E-state index contributed by atoms with van der Waals surface area (Å²) >= 11 is 0. The van der Waals surface area contributed by atoms with Crippen LogP contribution in [0.15, 0.2) is 57.7 Å². The van der Waals surface area contributed by atoms with Gasteiger partial charge in [-0.25, -0.2) is 9.59 Å². The van der Waals surface area contributed by atoms with Crippen molar-refractivity contribution < 1.29 is 23.5 Å². The molecular formula is C20H21N3O6. The van der Waals surface area contributed by atoms with Crippen LogP contribution in [0, 0.1) is 0 Å². The number of aromatic nitrogens is 1. The summed E-state index contributed by atoms with van der Waals surface area (Å²) in [6, 6.07) is 13.7. The van der Waals surface area contributed by atoms with Crippen molar-refractivity contribution in [2.45, 2.75) is 13.0 Å². The summed E-state index contributed by atoms with van der Waals surface area (Å²) in [5.41, 5.74) is 2.11. The molecule has 2 amide bonds. The fraction of sp³-hybridized carbons (Fsp3) is 0.250. The van der Waals surface area contributed by atoms with Gasteiger partial charge in [-0.2, -0.15) is 0 Å². The van der Waals surface area contributed by atoms with Gasteiger partial charge in [0.25, 0.3) is 0 Å². The van der Waals surface area contributed by atoms with Crippen LogP contribution < -0.4 is 16.4 Å². The maximum Gasteiger partial charge on any atom is 0.419 e. The van der Waals surface area contributed by atoms with Crippen molar-refractivity contribution in [3.63, 3.8) is 0 Å². The zero-order valence-electron chi connectivity index (χ0n) is 15.8. The molecule has 0 bridgehead atoms. The zero-order chi connectivity index (χ0) is 20.6. The molecule has 0 fully saturated rings. The molecule has 2 aromatic carbocycles. The quantitative estimate of drug-likeness (QED) is 0.564. The lowest BCUT2D eigenvalue weighted by molar-refractivity contribution is -0.116. The first-order valence-electron chi connectivity index (χ1n) is 8.98. The monoisotopic (exact) mass is 399 g/mol. The van der Waals surface area contributed by atoms with Crippen molar-refractivity contribution in [2.75, 3.05) is 31.0 Å². The largest absolute Gasteiger partial charge is 0.447 e. The average molecular weight is 399 g/mol. The lowest BCUT2D eigenvalue weighted by atomic mass is 10.2. The highest BCUT2D eigenvalue weighted by Crippen LogP contribution is 2.16. The molecule has 3 aromatic rings. The summed E-state index contributed by atoms with van der Waals surface area (Å²) in [7, 11) is 1.51. The van der Waals surface area contributed by atoms with Gasteiger partial charge >= 0.3 is 11.8 Å². The van der Waals surface area contributed by atoms with Crippen LogP contribution >= 0.6 is 0 Å². The van der Waals surface area contributed by atoms with Gasteiger partial charge in [-0.15, -0.1) is 0 Å². The van der Waals surface area contributed by atoms with Crippen molar-refractivity contribution in [2.24, 2.45) is 0 Å². The third kappa shape index (κ3) is 5.45. The molecule has 0 unspecified atom stereocenters. The van der Waals surface area contributed by atoms with E-state index >= 15 is 0 Å². The standard InChI is InChI=1S/C20H21N3O6/c1-27-11-12-28-19(25)22-15-6-4-5-14(13-15)21-18(24)9-10-23-16-7-2-3-8-17(16)29-20(23)26/h2-8,13H,9-12H2,1H3,(H,21,24)(H,22,25). The molecule has 1 aromatic heterocycles. The van der Waals surface area contributed by atoms with Crippen LogP contribution in [0.2, 0.25) is 0 Å². The Bertz CT molecular complexity index is 1060. The van der Waals surface area contributed by atoms with Crippen molar-refractivity contribution in [3.8, 4) is 0 Å². The molecule has 0 atom stereocenters. The number of benzene rings is 2. The summed E-state index contributed by atoms with van der Waals surface area (Å²) in [5, 5.41) is 5.31. The van der Waals surface area contributed by atoms with E-state index in [-0.39, 0.29) is 25.5 Å². The van der Waals surface area contributed by atoms with E-state index in [9.17, 15) is 14.4 Å². The third-order valence-corrected chi connectivity index (χ3v) is 4.05. The maximum atomic E-state index is 12.3. The summed E-state index contributed by atoms with van der Waals surface area (Å²) in [4.78, 5) is 35.9. The molecule has 1 heterocycles. The number of hydrogen-bond donors (Lipinski definition) is 2. The van der Waals surface area contributed by atoms with Gasteiger partial charge in [0.15, 0.2) is 5.58 Å². The number of oxazole rings is 1. The van der Waals surface area contributed by atoms with Crippen molar-refractivity contribution in [1.82, 2.24) is 4.57 Å². The molecule has 0 saturated heterocycles. The Hall–Kier alpha value is -3.59. The molecule has 9 nitrogen and oxygen atoms in total. The predicted molar refractivity (Wildman–Crippen MR) is 107 cm³/mol. The van der Waals surface area contributed by atoms with Crippen LogP contribution in [0.4, 0.5) is 16.2 Å². The SMILES string of the molecule is COCCOC(=O)Nc1cccc(NC(=O)CCn2c(=O)oc3ccccc32)c1. The number of carbonyl (C=O) groups excluding carboxylic acids is 2. The van der Waals surface area contributed by atoms with Crippen molar-refractivity contribution >= 4 is 34.5 Å². The number of anilines is 2. The molecular weight excluding hydrogens is 378 g/mol. The minimum Gasteiger partial charge on any atom is -0.447 e. The lowest BCUT2D eigenvalue weighted by Crippen LogP contribution is -2.20. The van der Waals surface area contributed by atoms with E-state index in [1.807, 2.05) is 0 Å². The fourth-order valence-corrected chi connectivity index (χ4v) is 2.71. The number of ether oxygens (including phenoxy) is 2. The number of nitrogens with one attached hydrogen (secondary N) is 2. The second kappa shape index (κ2) is 9.56. The predicted octanol–water partition coefficient (Wildman–Crippen LogP) is 2.82. The Balaban J connectivity index is 1.56. The Kier molecular flexibility index (Phi) is 6.64. The molecule has 0 spiro atoms. The summed E-state index contributed by atoms with van der Waals surface area (Å²) < 4.78 is 16.3. The van der Waals surface area contributed by atoms with Crippen LogP contribution in [0.5, 0.6) is 0 Å². The van der Waals surface area contributed by atoms with Crippen LogP contribution in [0.3, 0.4) is 0 Å². The maximum absolute atomic E-state index is 12.3. The van der Waals surface area contributed by atoms with Gasteiger partial charge in [0.1, 0.15) is 6.61 Å². The molecule has 2 N–H and O–H groups in total. The van der Waals surface area contributed by atoms with E-state index < -0.39 is 11.8 Å². The number of hydrogen-bond acceptors (Lipinski definition) is 6. The summed E-state index contributed by atoms with van der Waals surface area (Å²) in [5.74, 6) is -0.779. The van der Waals surface area contributed by atoms with Crippen LogP contribution in [-0.4, -0.2) is 36.9 Å². The Labute approximate surface area is 166 Å². The van der Waals surface area contributed by atoms with Gasteiger partial charge in [0.2, 0.25) is 5.91 Å². The number of fused-ring (bicyclic) bond motifs is 1. The summed E-state index contributed by atoms with van der Waals surface area (Å²) in [6.07, 6.45) is -0.531. The van der Waals surface area contributed by atoms with E-state index in [1.54, 1.807) is 48.5 Å². The van der Waals surface area contributed by atoms with Gasteiger partial charge in [-0.1, -0.05) is 18.2 Å². The lowest BCUT2D eigenvalue weighted by Gasteiger charge is -2.09. The minimum atomic E-state index is -0.614. The second-order valence-corrected chi connectivity index (χ2v) is 6.12. The normalized spacial score (nSPS) is 10.7. The average Bonchev–Trinajstić information content (AvgIpc) is 3.02. The van der Waals surface area contributed by atoms with E-state index in [4.69, 9.17) is 13.9 Å². The molecule has 0 radical (unpaired) electrons. The highest BCUT2D eigenvalue weighted by molar-refractivity contribution is 5.92. The van der Waals surface area contributed by atoms with Gasteiger partial charge in [-0.3, -0.25) is 14.7 Å². The number of methoxy groups -OCH3 is 1. The van der Waals surface area contributed by atoms with E-state index in [1.165, 1.54) is 11.7 Å². The Morgan fingerprint density at radius 1 is 1.03 bits per heavy atom. The number of carbonyl (C=O) groups is 2. The fourth-order valence-electron chi connectivity index (χ4n) is 2.71. The highest BCUT2D eigenvalue weighted by Gasteiger charge is 2.11. The molecule has 9 heteroatoms. The van der Waals surface area contributed by atoms with Gasteiger partial charge < -0.3 is 19.2 Å². The summed E-state index contributed by atoms with van der Waals surface area (Å²) in [6.45, 7) is 0.630. The molecule has 0 aliphatic carbocycles. The van der Waals surface area contributed by atoms with E-state index in [2.05, 4.69) is 10.6 Å². The third-order valence-electron chi connectivity index (χ3n) is 4.05. The first-order chi connectivity index (χ1) is 14.1. The van der Waals surface area contributed by atoms with Crippen LogP contribution in [0.25, 0.3) is 11.1 Å². The van der Waals surface area contributed by atoms with E-state index in [0.717, 1.165) is 0 Å². The molecule has 152 valence electrons. The first-order valence-corrected chi connectivity index (χ1v) is 8.98. The topological polar surface area (TPSA) is 112 Å². The van der Waals surface area contributed by atoms with Crippen LogP contribution in [-0.2, 0) is 20.8 Å². The number of rotatable bonds is 8. The first kappa shape index (κ1) is 20.2. The number of aryl methyl sites for hydroxylation is 1. The van der Waals surface area contributed by atoms with Gasteiger partial charge in [-0.05, 0) is 30.3 Å². The highest BCUT2D eigenvalue weighted by atomic mass is 16.6. The number of nitrogens with zero attached hydrogens (tertiary/aromatic N) is 1. The van der Waals surface area contributed by atoms with Crippen molar-refractivity contribution in [1.29, 1.82) is 0 Å². The smallest absolute Gasteiger partial charge is 0.419 e. The Morgan fingerprint density at radius 2 is 1.79 bits per heavy atom. The number of amides is 2. The number of para-hydroxylation sites is 2. The Morgan fingerprint density at radius 3 is 2.59 bits per heavy atom. The molecule has 0 aliphatic rings.